The highest BCUT2D eigenvalue weighted by Gasteiger charge is 1.33. The Kier molecular flexibility index (Phi) is 726. The van der Waals surface area contributed by atoms with Crippen LogP contribution in [0.25, 0.3) is 0 Å². The van der Waals surface area contributed by atoms with Gasteiger partial charge in [-0.05, 0) is 26.2 Å². The zero-order chi connectivity index (χ0) is 10.8. The fraction of sp³-hybridized carbons (Fsp3) is 1.00. The Bertz CT molecular complexity index is 32.0. The largest absolute Gasteiger partial charge is 0.412 e. The molecular formula is C8H36N4O4. The number of nitrogens with two attached hydrogens (primary N) is 4. The molecule has 0 atom stereocenters. The minimum atomic E-state index is 0. The summed E-state index contributed by atoms with van der Waals surface area (Å²) in [6.07, 6.45) is 0. The molecule has 0 radical (unpaired) electrons. The zero-order valence-electron chi connectivity index (χ0n) is 11.1. The normalized spacial score (nSPS) is 4.50. The van der Waals surface area contributed by atoms with Gasteiger partial charge in [-0.2, -0.15) is 0 Å². The van der Waals surface area contributed by atoms with Crippen molar-refractivity contribution in [2.75, 3.05) is 26.2 Å². The molecule has 0 aliphatic carbocycles. The van der Waals surface area contributed by atoms with Crippen molar-refractivity contribution in [1.29, 1.82) is 0 Å². The predicted octanol–water partition coefficient (Wildman–Crippen LogP) is -3.44. The summed E-state index contributed by atoms with van der Waals surface area (Å²) >= 11 is 0. The van der Waals surface area contributed by atoms with Gasteiger partial charge in [0, 0.05) is 0 Å². The van der Waals surface area contributed by atoms with Crippen LogP contribution in [-0.2, 0) is 0 Å². The van der Waals surface area contributed by atoms with Crippen molar-refractivity contribution in [3.05, 3.63) is 0 Å². The molecule has 0 aromatic carbocycles. The molecule has 8 heteroatoms. The fourth-order valence-corrected chi connectivity index (χ4v) is 0. The maximum atomic E-state index is 4.85. The molecule has 0 heterocycles. The van der Waals surface area contributed by atoms with E-state index in [1.54, 1.807) is 0 Å². The van der Waals surface area contributed by atoms with E-state index in [0.717, 1.165) is 26.2 Å². The fourth-order valence-electron chi connectivity index (χ4n) is 0. The van der Waals surface area contributed by atoms with Crippen LogP contribution in [0.2, 0.25) is 0 Å². The van der Waals surface area contributed by atoms with Crippen molar-refractivity contribution in [3.63, 3.8) is 0 Å². The van der Waals surface area contributed by atoms with Crippen LogP contribution >= 0.6 is 0 Å². The standard InChI is InChI=1S/4C2H7N.4H2O/c4*1-2-3;;;;/h4*2-3H2,1H3;4*1H2. The summed E-state index contributed by atoms with van der Waals surface area (Å²) in [7, 11) is 0. The molecule has 0 saturated heterocycles. The average Bonchev–Trinajstić information content (AvgIpc) is 1.92. The Balaban J connectivity index is -0.00000000821. The number of rotatable bonds is 0. The summed E-state index contributed by atoms with van der Waals surface area (Å²) in [5.41, 5.74) is 19.4. The lowest BCUT2D eigenvalue weighted by atomic mass is 10.8. The van der Waals surface area contributed by atoms with Crippen LogP contribution in [0.15, 0.2) is 0 Å². The van der Waals surface area contributed by atoms with Gasteiger partial charge in [0.1, 0.15) is 0 Å². The molecule has 0 spiro atoms. The first-order valence-corrected chi connectivity index (χ1v) is 4.46. The second-order valence-electron chi connectivity index (χ2n) is 1.63. The van der Waals surface area contributed by atoms with Crippen LogP contribution in [0.1, 0.15) is 27.7 Å². The molecule has 0 aromatic rings. The molecule has 16 heavy (non-hydrogen) atoms. The third kappa shape index (κ3) is 21500. The van der Waals surface area contributed by atoms with E-state index >= 15 is 0 Å². The van der Waals surface area contributed by atoms with Crippen molar-refractivity contribution in [2.24, 2.45) is 22.9 Å². The Morgan fingerprint density at radius 3 is 0.438 bits per heavy atom. The molecule has 0 unspecified atom stereocenters. The Hall–Kier alpha value is -0.320. The molecule has 0 aliphatic heterocycles. The molecule has 0 fully saturated rings. The van der Waals surface area contributed by atoms with Gasteiger partial charge in [-0.1, -0.05) is 27.7 Å². The maximum Gasteiger partial charge on any atom is -0.0106 e. The van der Waals surface area contributed by atoms with E-state index in [1.807, 2.05) is 27.7 Å². The van der Waals surface area contributed by atoms with E-state index in [-0.39, 0.29) is 21.9 Å². The third-order valence-electron chi connectivity index (χ3n) is 0. The van der Waals surface area contributed by atoms with Gasteiger partial charge < -0.3 is 44.8 Å². The van der Waals surface area contributed by atoms with E-state index < -0.39 is 0 Å². The molecular weight excluding hydrogens is 216 g/mol. The summed E-state index contributed by atoms with van der Waals surface area (Å²) in [6.45, 7) is 10.6. The van der Waals surface area contributed by atoms with Crippen LogP contribution in [0, 0.1) is 0 Å². The van der Waals surface area contributed by atoms with E-state index in [0.29, 0.717) is 0 Å². The van der Waals surface area contributed by atoms with Crippen LogP contribution in [0.3, 0.4) is 0 Å². The van der Waals surface area contributed by atoms with Gasteiger partial charge in [0.05, 0.1) is 0 Å². The van der Waals surface area contributed by atoms with Crippen molar-refractivity contribution >= 4 is 0 Å². The topological polar surface area (TPSA) is 230 Å². The molecule has 16 N–H and O–H groups in total. The van der Waals surface area contributed by atoms with Crippen LogP contribution in [0.5, 0.6) is 0 Å². The summed E-state index contributed by atoms with van der Waals surface area (Å²) in [4.78, 5) is 0. The number of hydrogen-bond acceptors (Lipinski definition) is 4. The summed E-state index contributed by atoms with van der Waals surface area (Å²) in [5, 5.41) is 0. The molecule has 0 saturated carbocycles. The first kappa shape index (κ1) is 57.3. The minimum absolute atomic E-state index is 0. The zero-order valence-corrected chi connectivity index (χ0v) is 11.1. The number of hydrogen-bond donors (Lipinski definition) is 4. The van der Waals surface area contributed by atoms with Crippen molar-refractivity contribution in [2.45, 2.75) is 27.7 Å². The quantitative estimate of drug-likeness (QED) is 0.344. The maximum absolute atomic E-state index is 4.85. The third-order valence-corrected chi connectivity index (χ3v) is 0. The van der Waals surface area contributed by atoms with Crippen molar-refractivity contribution < 1.29 is 21.9 Å². The second kappa shape index (κ2) is 203. The van der Waals surface area contributed by atoms with Crippen LogP contribution in [-0.4, -0.2) is 48.1 Å². The van der Waals surface area contributed by atoms with Gasteiger partial charge in [-0.3, -0.25) is 0 Å². The summed E-state index contributed by atoms with van der Waals surface area (Å²) in [6, 6.07) is 0. The molecule has 0 aliphatic rings. The lowest BCUT2D eigenvalue weighted by Crippen LogP contribution is -1.87. The predicted molar refractivity (Wildman–Crippen MR) is 73.4 cm³/mol. The first-order valence-electron chi connectivity index (χ1n) is 4.46. The van der Waals surface area contributed by atoms with Gasteiger partial charge in [0.15, 0.2) is 0 Å². The highest BCUT2D eigenvalue weighted by molar-refractivity contribution is 4.01. The van der Waals surface area contributed by atoms with Gasteiger partial charge in [-0.15, -0.1) is 0 Å². The van der Waals surface area contributed by atoms with Gasteiger partial charge in [0.2, 0.25) is 0 Å². The molecule has 112 valence electrons. The highest BCUT2D eigenvalue weighted by atomic mass is 16.0. The first-order chi connectivity index (χ1) is 5.66. The SMILES string of the molecule is CCN.CCN.CCN.CCN.O.O.O.O. The lowest BCUT2D eigenvalue weighted by molar-refractivity contribution is 0.823. The monoisotopic (exact) mass is 252 g/mol. The Morgan fingerprint density at radius 2 is 0.438 bits per heavy atom. The Labute approximate surface area is 99.6 Å². The minimum Gasteiger partial charge on any atom is -0.412 e. The van der Waals surface area contributed by atoms with Crippen LogP contribution in [0.4, 0.5) is 0 Å². The van der Waals surface area contributed by atoms with Crippen molar-refractivity contribution in [3.8, 4) is 0 Å². The van der Waals surface area contributed by atoms with Gasteiger partial charge in [0.25, 0.3) is 0 Å². The van der Waals surface area contributed by atoms with Gasteiger partial charge >= 0.3 is 0 Å². The highest BCUT2D eigenvalue weighted by Crippen LogP contribution is 1.21. The average molecular weight is 252 g/mol. The van der Waals surface area contributed by atoms with E-state index in [4.69, 9.17) is 22.9 Å². The smallest absolute Gasteiger partial charge is 0.0106 e. The van der Waals surface area contributed by atoms with Crippen LogP contribution < -0.4 is 22.9 Å². The van der Waals surface area contributed by atoms with Gasteiger partial charge in [-0.25, -0.2) is 0 Å². The summed E-state index contributed by atoms with van der Waals surface area (Å²) in [5.74, 6) is 0. The lowest BCUT2D eigenvalue weighted by Gasteiger charge is -1.53. The summed E-state index contributed by atoms with van der Waals surface area (Å²) < 4.78 is 0. The molecule has 0 amide bonds. The second-order valence-corrected chi connectivity index (χ2v) is 1.63. The van der Waals surface area contributed by atoms with Crippen molar-refractivity contribution in [1.82, 2.24) is 0 Å². The van der Waals surface area contributed by atoms with E-state index in [9.17, 15) is 0 Å². The Morgan fingerprint density at radius 1 is 0.438 bits per heavy atom. The molecule has 0 aromatic heterocycles. The van der Waals surface area contributed by atoms with E-state index in [2.05, 4.69) is 0 Å². The molecule has 8 nitrogen and oxygen atoms in total. The molecule has 0 bridgehead atoms. The van der Waals surface area contributed by atoms with E-state index in [1.165, 1.54) is 0 Å². The molecule has 0 rings (SSSR count).